The maximum absolute atomic E-state index is 12.2. The highest BCUT2D eigenvalue weighted by atomic mass is 32.1. The fourth-order valence-electron chi connectivity index (χ4n) is 2.69. The van der Waals surface area contributed by atoms with Crippen LogP contribution in [-0.2, 0) is 24.2 Å². The number of carbonyl (C=O) groups is 1. The van der Waals surface area contributed by atoms with Crippen LogP contribution in [0, 0.1) is 0 Å². The van der Waals surface area contributed by atoms with Crippen molar-refractivity contribution in [3.8, 4) is 10.8 Å². The molecule has 3 heterocycles. The molecule has 0 N–H and O–H groups in total. The SMILES string of the molecule is O=C(OCc1coc(-c2cccs2)n1)c1cc2c(s1)CCCC2. The highest BCUT2D eigenvalue weighted by molar-refractivity contribution is 7.14. The number of aromatic nitrogens is 1. The minimum absolute atomic E-state index is 0.135. The molecule has 6 heteroatoms. The monoisotopic (exact) mass is 345 g/mol. The van der Waals surface area contributed by atoms with E-state index in [2.05, 4.69) is 4.98 Å². The number of esters is 1. The molecule has 0 aromatic carbocycles. The largest absolute Gasteiger partial charge is 0.455 e. The molecule has 118 valence electrons. The Kier molecular flexibility index (Phi) is 4.01. The maximum Gasteiger partial charge on any atom is 0.348 e. The van der Waals surface area contributed by atoms with Gasteiger partial charge in [0.05, 0.1) is 4.88 Å². The second-order valence-corrected chi connectivity index (χ2v) is 7.55. The molecule has 0 saturated heterocycles. The first-order chi connectivity index (χ1) is 11.3. The number of nitrogens with zero attached hydrogens (tertiary/aromatic N) is 1. The summed E-state index contributed by atoms with van der Waals surface area (Å²) < 4.78 is 10.8. The van der Waals surface area contributed by atoms with Crippen LogP contribution in [0.2, 0.25) is 0 Å². The van der Waals surface area contributed by atoms with Crippen LogP contribution >= 0.6 is 22.7 Å². The van der Waals surface area contributed by atoms with E-state index in [1.54, 1.807) is 28.9 Å². The maximum atomic E-state index is 12.2. The second kappa shape index (κ2) is 6.29. The summed E-state index contributed by atoms with van der Waals surface area (Å²) in [5.74, 6) is 0.294. The summed E-state index contributed by atoms with van der Waals surface area (Å²) in [6.07, 6.45) is 6.13. The lowest BCUT2D eigenvalue weighted by Crippen LogP contribution is -2.03. The normalized spacial score (nSPS) is 13.7. The molecule has 4 nitrogen and oxygen atoms in total. The number of hydrogen-bond acceptors (Lipinski definition) is 6. The fourth-order valence-corrected chi connectivity index (χ4v) is 4.49. The standard InChI is InChI=1S/C17H15NO3S2/c19-17(15-8-11-4-1-2-5-13(11)23-15)21-10-12-9-20-16(18-12)14-6-3-7-22-14/h3,6-9H,1-2,4-5,10H2. The molecule has 0 unspecified atom stereocenters. The Hall–Kier alpha value is -1.92. The van der Waals surface area contributed by atoms with Gasteiger partial charge in [-0.25, -0.2) is 9.78 Å². The first kappa shape index (κ1) is 14.7. The van der Waals surface area contributed by atoms with Crippen LogP contribution in [0.4, 0.5) is 0 Å². The Labute approximate surface area is 141 Å². The molecule has 1 aliphatic rings. The van der Waals surface area contributed by atoms with E-state index < -0.39 is 0 Å². The van der Waals surface area contributed by atoms with Crippen LogP contribution in [0.3, 0.4) is 0 Å². The van der Waals surface area contributed by atoms with E-state index in [0.29, 0.717) is 16.5 Å². The fraction of sp³-hybridized carbons (Fsp3) is 0.294. The van der Waals surface area contributed by atoms with E-state index in [0.717, 1.165) is 17.7 Å². The summed E-state index contributed by atoms with van der Waals surface area (Å²) in [6.45, 7) is 0.135. The number of fused-ring (bicyclic) bond motifs is 1. The number of oxazole rings is 1. The summed E-state index contributed by atoms with van der Waals surface area (Å²) in [5, 5.41) is 1.97. The Bertz CT molecular complexity index is 793. The van der Waals surface area contributed by atoms with E-state index in [1.165, 1.54) is 23.3 Å². The predicted octanol–water partition coefficient (Wildman–Crippen LogP) is 4.70. The number of aryl methyl sites for hydroxylation is 2. The molecule has 0 bridgehead atoms. The number of carbonyl (C=O) groups excluding carboxylic acids is 1. The zero-order valence-electron chi connectivity index (χ0n) is 12.4. The van der Waals surface area contributed by atoms with Crippen LogP contribution in [-0.4, -0.2) is 11.0 Å². The van der Waals surface area contributed by atoms with Crippen molar-refractivity contribution in [1.82, 2.24) is 4.98 Å². The summed E-state index contributed by atoms with van der Waals surface area (Å²) in [6, 6.07) is 5.88. The highest BCUT2D eigenvalue weighted by Crippen LogP contribution is 2.30. The lowest BCUT2D eigenvalue weighted by molar-refractivity contribution is 0.0473. The van der Waals surface area contributed by atoms with E-state index in [9.17, 15) is 4.79 Å². The van der Waals surface area contributed by atoms with Gasteiger partial charge in [0.1, 0.15) is 23.4 Å². The molecule has 0 spiro atoms. The Morgan fingerprint density at radius 1 is 1.35 bits per heavy atom. The zero-order chi connectivity index (χ0) is 15.6. The Morgan fingerprint density at radius 3 is 3.09 bits per heavy atom. The van der Waals surface area contributed by atoms with E-state index in [1.807, 2.05) is 23.6 Å². The lowest BCUT2D eigenvalue weighted by Gasteiger charge is -2.08. The van der Waals surface area contributed by atoms with Gasteiger partial charge >= 0.3 is 5.97 Å². The van der Waals surface area contributed by atoms with Crippen LogP contribution in [0.25, 0.3) is 10.8 Å². The number of hydrogen-bond donors (Lipinski definition) is 0. The molecule has 3 aromatic rings. The second-order valence-electron chi connectivity index (χ2n) is 5.46. The Balaban J connectivity index is 1.41. The first-order valence-corrected chi connectivity index (χ1v) is 9.26. The molecule has 4 rings (SSSR count). The Morgan fingerprint density at radius 2 is 2.26 bits per heavy atom. The summed E-state index contributed by atoms with van der Waals surface area (Å²) >= 11 is 3.13. The molecule has 0 aliphatic heterocycles. The minimum Gasteiger partial charge on any atom is -0.455 e. The smallest absolute Gasteiger partial charge is 0.348 e. The van der Waals surface area contributed by atoms with Crippen LogP contribution in [0.1, 0.15) is 38.6 Å². The van der Waals surface area contributed by atoms with Gasteiger partial charge in [0, 0.05) is 4.88 Å². The van der Waals surface area contributed by atoms with Gasteiger partial charge in [0.2, 0.25) is 5.89 Å². The van der Waals surface area contributed by atoms with Crippen molar-refractivity contribution < 1.29 is 13.9 Å². The quantitative estimate of drug-likeness (QED) is 0.643. The molecule has 0 saturated carbocycles. The number of rotatable bonds is 4. The molecule has 0 atom stereocenters. The third-order valence-corrected chi connectivity index (χ3v) is 5.91. The van der Waals surface area contributed by atoms with Gasteiger partial charge in [0.15, 0.2) is 0 Å². The molecule has 23 heavy (non-hydrogen) atoms. The zero-order valence-corrected chi connectivity index (χ0v) is 14.0. The van der Waals surface area contributed by atoms with Crippen molar-refractivity contribution in [2.75, 3.05) is 0 Å². The van der Waals surface area contributed by atoms with Crippen molar-refractivity contribution in [2.24, 2.45) is 0 Å². The lowest BCUT2D eigenvalue weighted by atomic mass is 9.99. The molecule has 1 aliphatic carbocycles. The van der Waals surface area contributed by atoms with E-state index >= 15 is 0 Å². The molecular formula is C17H15NO3S2. The third kappa shape index (κ3) is 3.09. The van der Waals surface area contributed by atoms with Crippen molar-refractivity contribution in [3.05, 3.63) is 50.9 Å². The van der Waals surface area contributed by atoms with Gasteiger partial charge in [-0.1, -0.05) is 6.07 Å². The average molecular weight is 345 g/mol. The van der Waals surface area contributed by atoms with E-state index in [-0.39, 0.29) is 12.6 Å². The molecule has 3 aromatic heterocycles. The molecular weight excluding hydrogens is 330 g/mol. The third-order valence-electron chi connectivity index (χ3n) is 3.83. The van der Waals surface area contributed by atoms with Gasteiger partial charge in [0.25, 0.3) is 0 Å². The van der Waals surface area contributed by atoms with Gasteiger partial charge in [-0.2, -0.15) is 0 Å². The van der Waals surface area contributed by atoms with Gasteiger partial charge in [-0.05, 0) is 48.8 Å². The van der Waals surface area contributed by atoms with Crippen molar-refractivity contribution in [2.45, 2.75) is 32.3 Å². The van der Waals surface area contributed by atoms with Gasteiger partial charge in [-0.3, -0.25) is 0 Å². The summed E-state index contributed by atoms with van der Waals surface area (Å²) in [4.78, 5) is 19.6. The van der Waals surface area contributed by atoms with E-state index in [4.69, 9.17) is 9.15 Å². The van der Waals surface area contributed by atoms with Gasteiger partial charge < -0.3 is 9.15 Å². The van der Waals surface area contributed by atoms with Crippen molar-refractivity contribution >= 4 is 28.6 Å². The van der Waals surface area contributed by atoms with Crippen LogP contribution in [0.15, 0.2) is 34.3 Å². The highest BCUT2D eigenvalue weighted by Gasteiger charge is 2.18. The summed E-state index contributed by atoms with van der Waals surface area (Å²) in [7, 11) is 0. The molecule has 0 amide bonds. The first-order valence-electron chi connectivity index (χ1n) is 7.56. The van der Waals surface area contributed by atoms with Crippen LogP contribution in [0.5, 0.6) is 0 Å². The average Bonchev–Trinajstić information content (AvgIpc) is 3.31. The van der Waals surface area contributed by atoms with Crippen molar-refractivity contribution in [3.63, 3.8) is 0 Å². The number of thiophene rings is 2. The molecule has 0 radical (unpaired) electrons. The molecule has 0 fully saturated rings. The number of ether oxygens (including phenoxy) is 1. The summed E-state index contributed by atoms with van der Waals surface area (Å²) in [5.41, 5.74) is 1.94. The van der Waals surface area contributed by atoms with Gasteiger partial charge in [-0.15, -0.1) is 22.7 Å². The van der Waals surface area contributed by atoms with Crippen LogP contribution < -0.4 is 0 Å². The minimum atomic E-state index is -0.273. The van der Waals surface area contributed by atoms with Crippen molar-refractivity contribution in [1.29, 1.82) is 0 Å². The topological polar surface area (TPSA) is 52.3 Å². The predicted molar refractivity (Wildman–Crippen MR) is 89.9 cm³/mol.